The van der Waals surface area contributed by atoms with Crippen LogP contribution in [0.25, 0.3) is 0 Å². The molecule has 1 aliphatic rings. The minimum atomic E-state index is -0.703. The first-order valence-corrected chi connectivity index (χ1v) is 13.3. The monoisotopic (exact) mass is 450 g/mol. The fraction of sp³-hybridized carbons (Fsp3) is 0.862. The first-order valence-electron chi connectivity index (χ1n) is 13.3. The quantitative estimate of drug-likeness (QED) is 0.243. The lowest BCUT2D eigenvalue weighted by molar-refractivity contribution is -0.129. The van der Waals surface area contributed by atoms with Crippen LogP contribution in [0.5, 0.6) is 0 Å². The van der Waals surface area contributed by atoms with Gasteiger partial charge in [0.25, 0.3) is 0 Å². The molecule has 1 rings (SSSR count). The molecule has 1 fully saturated rings. The summed E-state index contributed by atoms with van der Waals surface area (Å²) < 4.78 is 12.2. The fourth-order valence-electron chi connectivity index (χ4n) is 4.62. The highest BCUT2D eigenvalue weighted by atomic mass is 16.5. The Morgan fingerprint density at radius 3 is 2.34 bits per heavy atom. The van der Waals surface area contributed by atoms with Gasteiger partial charge in [-0.25, -0.2) is 0 Å². The second-order valence-electron chi connectivity index (χ2n) is 11.3. The smallest absolute Gasteiger partial charge is 0.0880 e. The van der Waals surface area contributed by atoms with Crippen molar-refractivity contribution < 1.29 is 14.6 Å². The molecule has 188 valence electrons. The second-order valence-corrected chi connectivity index (χ2v) is 11.3. The van der Waals surface area contributed by atoms with Crippen molar-refractivity contribution >= 4 is 0 Å². The zero-order chi connectivity index (χ0) is 24.1. The molecule has 0 amide bonds. The SMILES string of the molecule is C=C(C)[C@H]1CCC(C)(O)C(OCCC(C)CCCC(C)OCCC(C)CCC=C(C)C)C1. The van der Waals surface area contributed by atoms with E-state index in [1.165, 1.54) is 36.8 Å². The molecule has 0 aliphatic heterocycles. The molecular weight excluding hydrogens is 396 g/mol. The topological polar surface area (TPSA) is 38.7 Å². The predicted octanol–water partition coefficient (Wildman–Crippen LogP) is 7.87. The summed E-state index contributed by atoms with van der Waals surface area (Å²) in [6.45, 7) is 21.0. The van der Waals surface area contributed by atoms with Crippen LogP contribution in [0.3, 0.4) is 0 Å². The molecule has 0 aromatic carbocycles. The Bertz CT molecular complexity index is 547. The molecule has 0 radical (unpaired) electrons. The molecule has 0 aromatic heterocycles. The summed E-state index contributed by atoms with van der Waals surface area (Å²) >= 11 is 0. The molecule has 1 saturated carbocycles. The van der Waals surface area contributed by atoms with E-state index in [2.05, 4.69) is 54.2 Å². The Labute approximate surface area is 200 Å². The van der Waals surface area contributed by atoms with Crippen LogP contribution in [0.2, 0.25) is 0 Å². The summed E-state index contributed by atoms with van der Waals surface area (Å²) in [5, 5.41) is 10.7. The molecule has 0 spiro atoms. The van der Waals surface area contributed by atoms with Crippen molar-refractivity contribution in [2.24, 2.45) is 17.8 Å². The van der Waals surface area contributed by atoms with Crippen LogP contribution in [-0.2, 0) is 9.47 Å². The van der Waals surface area contributed by atoms with E-state index in [0.717, 1.165) is 57.7 Å². The van der Waals surface area contributed by atoms with Crippen molar-refractivity contribution in [1.82, 2.24) is 0 Å². The number of hydrogen-bond acceptors (Lipinski definition) is 3. The lowest BCUT2D eigenvalue weighted by atomic mass is 9.75. The first-order chi connectivity index (χ1) is 15.0. The lowest BCUT2D eigenvalue weighted by Gasteiger charge is -2.41. The van der Waals surface area contributed by atoms with Gasteiger partial charge < -0.3 is 14.6 Å². The Hall–Kier alpha value is -0.640. The van der Waals surface area contributed by atoms with Crippen LogP contribution in [0.15, 0.2) is 23.8 Å². The third-order valence-corrected chi connectivity index (χ3v) is 7.35. The van der Waals surface area contributed by atoms with Crippen LogP contribution in [0.4, 0.5) is 0 Å². The van der Waals surface area contributed by atoms with Gasteiger partial charge in [-0.05, 0) is 104 Å². The lowest BCUT2D eigenvalue weighted by Crippen LogP contribution is -2.46. The number of hydrogen-bond donors (Lipinski definition) is 1. The molecule has 1 N–H and O–H groups in total. The van der Waals surface area contributed by atoms with Gasteiger partial charge in [-0.3, -0.25) is 0 Å². The summed E-state index contributed by atoms with van der Waals surface area (Å²) in [6.07, 6.45) is 13.6. The molecular formula is C29H54O3. The zero-order valence-corrected chi connectivity index (χ0v) is 22.4. The van der Waals surface area contributed by atoms with Crippen LogP contribution in [0, 0.1) is 17.8 Å². The van der Waals surface area contributed by atoms with Gasteiger partial charge in [-0.15, -0.1) is 0 Å². The maximum atomic E-state index is 10.7. The molecule has 0 bridgehead atoms. The number of allylic oxidation sites excluding steroid dienone is 3. The van der Waals surface area contributed by atoms with Crippen molar-refractivity contribution in [3.05, 3.63) is 23.8 Å². The van der Waals surface area contributed by atoms with Gasteiger partial charge in [0.15, 0.2) is 0 Å². The van der Waals surface area contributed by atoms with E-state index in [0.29, 0.717) is 17.9 Å². The highest BCUT2D eigenvalue weighted by molar-refractivity contribution is 5.03. The molecule has 3 heteroatoms. The van der Waals surface area contributed by atoms with Crippen LogP contribution in [-0.4, -0.2) is 36.1 Å². The van der Waals surface area contributed by atoms with Crippen molar-refractivity contribution in [2.45, 2.75) is 130 Å². The van der Waals surface area contributed by atoms with Gasteiger partial charge in [0.05, 0.1) is 17.8 Å². The van der Waals surface area contributed by atoms with Crippen LogP contribution < -0.4 is 0 Å². The van der Waals surface area contributed by atoms with Gasteiger partial charge in [0.2, 0.25) is 0 Å². The van der Waals surface area contributed by atoms with Gasteiger partial charge in [0, 0.05) is 13.2 Å². The van der Waals surface area contributed by atoms with E-state index in [4.69, 9.17) is 9.47 Å². The maximum absolute atomic E-state index is 10.7. The summed E-state index contributed by atoms with van der Waals surface area (Å²) in [5.74, 6) is 1.86. The van der Waals surface area contributed by atoms with Gasteiger partial charge in [-0.1, -0.05) is 50.5 Å². The van der Waals surface area contributed by atoms with Gasteiger partial charge >= 0.3 is 0 Å². The standard InChI is InChI=1S/C29H54O3/c1-22(2)11-9-12-24(5)16-19-31-26(7)14-10-13-25(6)17-20-32-28-21-27(23(3)4)15-18-29(28,8)30/h11,24-28,30H,3,9-10,12-21H2,1-2,4-8H3/t24?,25?,26?,27-,28?,29?/m0/s1. The van der Waals surface area contributed by atoms with Crippen molar-refractivity contribution in [3.8, 4) is 0 Å². The third kappa shape index (κ3) is 12.6. The van der Waals surface area contributed by atoms with E-state index in [-0.39, 0.29) is 6.10 Å². The van der Waals surface area contributed by atoms with Gasteiger partial charge in [-0.2, -0.15) is 0 Å². The molecule has 1 aliphatic carbocycles. The van der Waals surface area contributed by atoms with E-state index >= 15 is 0 Å². The van der Waals surface area contributed by atoms with E-state index in [9.17, 15) is 5.11 Å². The average molecular weight is 451 g/mol. The van der Waals surface area contributed by atoms with Crippen molar-refractivity contribution in [2.75, 3.05) is 13.2 Å². The molecule has 32 heavy (non-hydrogen) atoms. The summed E-state index contributed by atoms with van der Waals surface area (Å²) in [4.78, 5) is 0. The third-order valence-electron chi connectivity index (χ3n) is 7.35. The predicted molar refractivity (Wildman–Crippen MR) is 138 cm³/mol. The normalized spacial score (nSPS) is 26.4. The molecule has 5 unspecified atom stereocenters. The minimum absolute atomic E-state index is 0.0667. The van der Waals surface area contributed by atoms with Crippen LogP contribution >= 0.6 is 0 Å². The van der Waals surface area contributed by atoms with Gasteiger partial charge in [0.1, 0.15) is 0 Å². The van der Waals surface area contributed by atoms with Crippen molar-refractivity contribution in [3.63, 3.8) is 0 Å². The number of rotatable bonds is 16. The van der Waals surface area contributed by atoms with Crippen molar-refractivity contribution in [1.29, 1.82) is 0 Å². The zero-order valence-electron chi connectivity index (χ0n) is 22.4. The highest BCUT2D eigenvalue weighted by Gasteiger charge is 2.39. The Kier molecular flexibility index (Phi) is 14.1. The summed E-state index contributed by atoms with van der Waals surface area (Å²) in [5.41, 5.74) is 1.93. The number of aliphatic hydroxyl groups is 1. The first kappa shape index (κ1) is 29.4. The minimum Gasteiger partial charge on any atom is -0.387 e. The van der Waals surface area contributed by atoms with E-state index in [1.54, 1.807) is 0 Å². The largest absolute Gasteiger partial charge is 0.387 e. The van der Waals surface area contributed by atoms with Crippen LogP contribution in [0.1, 0.15) is 113 Å². The Morgan fingerprint density at radius 2 is 1.69 bits per heavy atom. The molecule has 3 nitrogen and oxygen atoms in total. The molecule has 0 heterocycles. The highest BCUT2D eigenvalue weighted by Crippen LogP contribution is 2.37. The average Bonchev–Trinajstić information content (AvgIpc) is 2.68. The molecule has 6 atom stereocenters. The summed E-state index contributed by atoms with van der Waals surface area (Å²) in [6, 6.07) is 0. The number of ether oxygens (including phenoxy) is 2. The second kappa shape index (κ2) is 15.3. The maximum Gasteiger partial charge on any atom is 0.0880 e. The van der Waals surface area contributed by atoms with E-state index in [1.807, 2.05) is 6.92 Å². The fourth-order valence-corrected chi connectivity index (χ4v) is 4.62. The molecule has 0 saturated heterocycles. The summed E-state index contributed by atoms with van der Waals surface area (Å²) in [7, 11) is 0. The van der Waals surface area contributed by atoms with E-state index < -0.39 is 5.60 Å². The Morgan fingerprint density at radius 1 is 1.03 bits per heavy atom. The molecule has 0 aromatic rings. The Balaban J connectivity index is 2.13.